The smallest absolute Gasteiger partial charge is 0.348 e. The highest BCUT2D eigenvalue weighted by atomic mass is 16.5. The zero-order valence-corrected chi connectivity index (χ0v) is 15.9. The van der Waals surface area contributed by atoms with Gasteiger partial charge in [-0.3, -0.25) is 4.98 Å². The van der Waals surface area contributed by atoms with Crippen LogP contribution in [0.4, 0.5) is 0 Å². The molecule has 0 unspecified atom stereocenters. The molecule has 0 saturated carbocycles. The lowest BCUT2D eigenvalue weighted by Crippen LogP contribution is -2.39. The molecule has 1 aromatic heterocycles. The number of methoxy groups -OCH3 is 1. The quantitative estimate of drug-likeness (QED) is 0.871. The first-order valence-electron chi connectivity index (χ1n) is 9.86. The van der Waals surface area contributed by atoms with Gasteiger partial charge in [-0.05, 0) is 62.4 Å². The highest BCUT2D eigenvalue weighted by molar-refractivity contribution is 5.36. The Hall–Kier alpha value is -2.12. The summed E-state index contributed by atoms with van der Waals surface area (Å²) in [6.45, 7) is 5.01. The molecule has 7 heteroatoms. The number of rotatable bonds is 5. The molecule has 1 N–H and O–H groups in total. The summed E-state index contributed by atoms with van der Waals surface area (Å²) in [6, 6.07) is 7.38. The van der Waals surface area contributed by atoms with Gasteiger partial charge in [0.05, 0.1) is 12.8 Å². The lowest BCUT2D eigenvalue weighted by molar-refractivity contribution is 0.0480. The van der Waals surface area contributed by atoms with Crippen molar-refractivity contribution in [1.82, 2.24) is 19.7 Å². The van der Waals surface area contributed by atoms with Crippen LogP contribution in [-0.4, -0.2) is 59.6 Å². The third-order valence-corrected chi connectivity index (χ3v) is 5.70. The molecule has 4 rings (SSSR count). The van der Waals surface area contributed by atoms with Gasteiger partial charge < -0.3 is 14.4 Å². The summed E-state index contributed by atoms with van der Waals surface area (Å²) in [7, 11) is 1.63. The maximum absolute atomic E-state index is 12.4. The molecule has 7 nitrogen and oxygen atoms in total. The SMILES string of the molecule is COc1ccc(-n2nc([C@H]3CCCN(CC4CCOCC4)C3)[nH]c2=O)cc1. The van der Waals surface area contributed by atoms with Crippen LogP contribution in [0.1, 0.15) is 37.4 Å². The normalized spacial score (nSPS) is 22.0. The molecule has 27 heavy (non-hydrogen) atoms. The number of piperidine rings is 1. The third kappa shape index (κ3) is 4.25. The molecular formula is C20H28N4O3. The molecule has 1 aromatic carbocycles. The van der Waals surface area contributed by atoms with Crippen molar-refractivity contribution in [2.24, 2.45) is 5.92 Å². The van der Waals surface area contributed by atoms with Crippen molar-refractivity contribution in [3.05, 3.63) is 40.6 Å². The van der Waals surface area contributed by atoms with Crippen LogP contribution in [0.25, 0.3) is 5.69 Å². The predicted octanol–water partition coefficient (Wildman–Crippen LogP) is 2.18. The second-order valence-corrected chi connectivity index (χ2v) is 7.58. The van der Waals surface area contributed by atoms with Gasteiger partial charge in [0, 0.05) is 32.2 Å². The monoisotopic (exact) mass is 372 g/mol. The van der Waals surface area contributed by atoms with Gasteiger partial charge in [-0.2, -0.15) is 4.68 Å². The van der Waals surface area contributed by atoms with E-state index in [9.17, 15) is 4.79 Å². The molecule has 146 valence electrons. The maximum Gasteiger partial charge on any atom is 0.348 e. The summed E-state index contributed by atoms with van der Waals surface area (Å²) in [5.41, 5.74) is 0.565. The van der Waals surface area contributed by atoms with Crippen LogP contribution >= 0.6 is 0 Å². The van der Waals surface area contributed by atoms with Crippen molar-refractivity contribution in [3.63, 3.8) is 0 Å². The molecular weight excluding hydrogens is 344 g/mol. The number of nitrogens with one attached hydrogen (secondary N) is 1. The fourth-order valence-corrected chi connectivity index (χ4v) is 4.16. The van der Waals surface area contributed by atoms with Gasteiger partial charge in [-0.1, -0.05) is 0 Å². The van der Waals surface area contributed by atoms with E-state index in [1.165, 1.54) is 4.68 Å². The van der Waals surface area contributed by atoms with E-state index in [2.05, 4.69) is 15.0 Å². The van der Waals surface area contributed by atoms with Crippen molar-refractivity contribution >= 4 is 0 Å². The van der Waals surface area contributed by atoms with Gasteiger partial charge in [0.1, 0.15) is 11.6 Å². The summed E-state index contributed by atoms with van der Waals surface area (Å²) >= 11 is 0. The molecule has 0 bridgehead atoms. The van der Waals surface area contributed by atoms with Crippen LogP contribution in [0.3, 0.4) is 0 Å². The fourth-order valence-electron chi connectivity index (χ4n) is 4.16. The van der Waals surface area contributed by atoms with Gasteiger partial charge in [0.25, 0.3) is 0 Å². The van der Waals surface area contributed by atoms with E-state index in [0.29, 0.717) is 0 Å². The Balaban J connectivity index is 1.45. The molecule has 0 spiro atoms. The summed E-state index contributed by atoms with van der Waals surface area (Å²) in [5, 5.41) is 4.60. The number of aromatic amines is 1. The largest absolute Gasteiger partial charge is 0.497 e. The number of hydrogen-bond acceptors (Lipinski definition) is 5. The molecule has 1 atom stereocenters. The Morgan fingerprint density at radius 3 is 2.74 bits per heavy atom. The fraction of sp³-hybridized carbons (Fsp3) is 0.600. The lowest BCUT2D eigenvalue weighted by Gasteiger charge is -2.35. The van der Waals surface area contributed by atoms with Gasteiger partial charge in [0.15, 0.2) is 0 Å². The number of benzene rings is 1. The minimum atomic E-state index is -0.184. The van der Waals surface area contributed by atoms with Crippen LogP contribution in [0.15, 0.2) is 29.1 Å². The molecule has 2 aliphatic heterocycles. The van der Waals surface area contributed by atoms with Gasteiger partial charge in [-0.25, -0.2) is 4.79 Å². The van der Waals surface area contributed by atoms with E-state index < -0.39 is 0 Å². The van der Waals surface area contributed by atoms with Crippen molar-refractivity contribution in [1.29, 1.82) is 0 Å². The average Bonchev–Trinajstić information content (AvgIpc) is 3.11. The summed E-state index contributed by atoms with van der Waals surface area (Å²) in [4.78, 5) is 17.9. The first-order chi connectivity index (χ1) is 13.2. The Morgan fingerprint density at radius 2 is 2.00 bits per heavy atom. The van der Waals surface area contributed by atoms with E-state index in [1.54, 1.807) is 7.11 Å². The van der Waals surface area contributed by atoms with Crippen molar-refractivity contribution in [2.75, 3.05) is 40.0 Å². The van der Waals surface area contributed by atoms with Crippen LogP contribution in [0.5, 0.6) is 5.75 Å². The highest BCUT2D eigenvalue weighted by Crippen LogP contribution is 2.26. The van der Waals surface area contributed by atoms with Crippen molar-refractivity contribution in [3.8, 4) is 11.4 Å². The Bertz CT molecular complexity index is 792. The standard InChI is InChI=1S/C20H28N4O3/c1-26-18-6-4-17(5-7-18)24-20(25)21-19(22-24)16-3-2-10-23(14-16)13-15-8-11-27-12-9-15/h4-7,15-16H,2-3,8-14H2,1H3,(H,21,22,25)/t16-/m0/s1. The van der Waals surface area contributed by atoms with E-state index in [1.807, 2.05) is 24.3 Å². The minimum Gasteiger partial charge on any atom is -0.497 e. The Labute approximate surface area is 159 Å². The number of nitrogens with zero attached hydrogens (tertiary/aromatic N) is 3. The number of aromatic nitrogens is 3. The van der Waals surface area contributed by atoms with Crippen molar-refractivity contribution in [2.45, 2.75) is 31.6 Å². The van der Waals surface area contributed by atoms with E-state index >= 15 is 0 Å². The second-order valence-electron chi connectivity index (χ2n) is 7.58. The topological polar surface area (TPSA) is 72.4 Å². The Kier molecular flexibility index (Phi) is 5.59. The number of likely N-dealkylation sites (tertiary alicyclic amines) is 1. The predicted molar refractivity (Wildman–Crippen MR) is 103 cm³/mol. The average molecular weight is 372 g/mol. The van der Waals surface area contributed by atoms with Crippen LogP contribution < -0.4 is 10.4 Å². The van der Waals surface area contributed by atoms with Gasteiger partial charge >= 0.3 is 5.69 Å². The molecule has 0 radical (unpaired) electrons. The summed E-state index contributed by atoms with van der Waals surface area (Å²) in [6.07, 6.45) is 4.53. The zero-order chi connectivity index (χ0) is 18.6. The number of ether oxygens (including phenoxy) is 2. The first kappa shape index (κ1) is 18.3. The zero-order valence-electron chi connectivity index (χ0n) is 15.9. The van der Waals surface area contributed by atoms with Gasteiger partial charge in [-0.15, -0.1) is 5.10 Å². The van der Waals surface area contributed by atoms with Crippen LogP contribution in [-0.2, 0) is 4.74 Å². The minimum absolute atomic E-state index is 0.184. The van der Waals surface area contributed by atoms with Crippen molar-refractivity contribution < 1.29 is 9.47 Å². The maximum atomic E-state index is 12.4. The third-order valence-electron chi connectivity index (χ3n) is 5.70. The Morgan fingerprint density at radius 1 is 1.22 bits per heavy atom. The number of hydrogen-bond donors (Lipinski definition) is 1. The van der Waals surface area contributed by atoms with Gasteiger partial charge in [0.2, 0.25) is 0 Å². The first-order valence-corrected chi connectivity index (χ1v) is 9.86. The van der Waals surface area contributed by atoms with Crippen LogP contribution in [0.2, 0.25) is 0 Å². The molecule has 2 aliphatic rings. The summed E-state index contributed by atoms with van der Waals surface area (Å²) in [5.74, 6) is 2.57. The lowest BCUT2D eigenvalue weighted by atomic mass is 9.94. The molecule has 2 saturated heterocycles. The molecule has 2 aromatic rings. The molecule has 0 amide bonds. The highest BCUT2D eigenvalue weighted by Gasteiger charge is 2.27. The molecule has 3 heterocycles. The van der Waals surface area contributed by atoms with E-state index in [0.717, 1.165) is 81.7 Å². The van der Waals surface area contributed by atoms with E-state index in [4.69, 9.17) is 9.47 Å². The number of H-pyrrole nitrogens is 1. The van der Waals surface area contributed by atoms with E-state index in [-0.39, 0.29) is 11.6 Å². The summed E-state index contributed by atoms with van der Waals surface area (Å²) < 4.78 is 12.1. The second kappa shape index (κ2) is 8.27. The van der Waals surface area contributed by atoms with Crippen LogP contribution in [0, 0.1) is 5.92 Å². The molecule has 0 aliphatic carbocycles. The molecule has 2 fully saturated rings.